The van der Waals surface area contributed by atoms with Gasteiger partial charge < -0.3 is 5.73 Å². The van der Waals surface area contributed by atoms with E-state index < -0.39 is 5.54 Å². The van der Waals surface area contributed by atoms with Crippen molar-refractivity contribution in [1.82, 2.24) is 4.90 Å². The molecule has 0 spiro atoms. The molecule has 1 amide bonds. The summed E-state index contributed by atoms with van der Waals surface area (Å²) in [5.41, 5.74) is 5.88. The van der Waals surface area contributed by atoms with Gasteiger partial charge in [0.2, 0.25) is 0 Å². The molecule has 1 atom stereocenters. The van der Waals surface area contributed by atoms with Gasteiger partial charge in [-0.3, -0.25) is 14.5 Å². The van der Waals surface area contributed by atoms with Gasteiger partial charge in [0.15, 0.2) is 5.96 Å². The molecule has 0 saturated heterocycles. The van der Waals surface area contributed by atoms with E-state index in [0.29, 0.717) is 36.7 Å². The molecule has 0 aromatic heterocycles. The van der Waals surface area contributed by atoms with Gasteiger partial charge in [-0.25, -0.2) is 4.99 Å². The highest BCUT2D eigenvalue weighted by molar-refractivity contribution is 6.30. The maximum atomic E-state index is 12.7. The lowest BCUT2D eigenvalue weighted by Crippen LogP contribution is -2.42. The number of guanidine groups is 1. The smallest absolute Gasteiger partial charge is 0.257 e. The number of halogens is 1. The molecule has 6 heteroatoms. The molecule has 0 saturated carbocycles. The molecule has 0 fully saturated rings. The molecule has 1 aromatic rings. The molecule has 1 aromatic carbocycles. The molecule has 2 N–H and O–H groups in total. The molecule has 1 unspecified atom stereocenters. The Hall–Kier alpha value is -1.88. The maximum absolute atomic E-state index is 12.7. The highest BCUT2D eigenvalue weighted by atomic mass is 35.5. The van der Waals surface area contributed by atoms with Crippen LogP contribution in [0.4, 0.5) is 0 Å². The van der Waals surface area contributed by atoms with Gasteiger partial charge in [0.05, 0.1) is 6.54 Å². The molecule has 1 aliphatic rings. The molecule has 130 valence electrons. The number of amides is 1. The van der Waals surface area contributed by atoms with Crippen molar-refractivity contribution in [1.29, 1.82) is 0 Å². The van der Waals surface area contributed by atoms with E-state index in [4.69, 9.17) is 17.3 Å². The van der Waals surface area contributed by atoms with Gasteiger partial charge in [-0.05, 0) is 37.0 Å². The highest BCUT2D eigenvalue weighted by Crippen LogP contribution is 2.28. The summed E-state index contributed by atoms with van der Waals surface area (Å²) in [5.74, 6) is 0.495. The number of nitrogens with zero attached hydrogens (tertiary/aromatic N) is 2. The van der Waals surface area contributed by atoms with Crippen LogP contribution in [-0.2, 0) is 16.1 Å². The molecule has 0 bridgehead atoms. The number of rotatable bonds is 7. The number of ketones is 1. The molecular weight excluding hydrogens is 326 g/mol. The monoisotopic (exact) mass is 349 g/mol. The van der Waals surface area contributed by atoms with Crippen molar-refractivity contribution >= 4 is 29.3 Å². The summed E-state index contributed by atoms with van der Waals surface area (Å²) in [5, 5.41) is 0.608. The molecule has 0 radical (unpaired) electrons. The number of benzene rings is 1. The second-order valence-corrected chi connectivity index (χ2v) is 7.34. The fraction of sp³-hybridized carbons (Fsp3) is 0.500. The van der Waals surface area contributed by atoms with Crippen LogP contribution in [0.2, 0.25) is 5.02 Å². The van der Waals surface area contributed by atoms with Crippen LogP contribution in [0, 0.1) is 5.92 Å². The van der Waals surface area contributed by atoms with Gasteiger partial charge in [-0.2, -0.15) is 0 Å². The first-order valence-corrected chi connectivity index (χ1v) is 8.52. The van der Waals surface area contributed by atoms with Crippen LogP contribution in [0.5, 0.6) is 0 Å². The fourth-order valence-electron chi connectivity index (χ4n) is 2.83. The predicted molar refractivity (Wildman–Crippen MR) is 95.7 cm³/mol. The first-order valence-electron chi connectivity index (χ1n) is 8.15. The van der Waals surface area contributed by atoms with Crippen LogP contribution in [-0.4, -0.2) is 28.1 Å². The molecule has 24 heavy (non-hydrogen) atoms. The van der Waals surface area contributed by atoms with Crippen molar-refractivity contribution in [3.05, 3.63) is 34.9 Å². The Morgan fingerprint density at radius 3 is 2.75 bits per heavy atom. The van der Waals surface area contributed by atoms with E-state index in [1.165, 1.54) is 4.90 Å². The van der Waals surface area contributed by atoms with Crippen LogP contribution in [0.15, 0.2) is 29.3 Å². The number of carbonyl (C=O) groups excluding carboxylic acids is 2. The van der Waals surface area contributed by atoms with E-state index in [1.807, 2.05) is 26.0 Å². The Kier molecular flexibility index (Phi) is 5.65. The number of hydrogen-bond acceptors (Lipinski definition) is 4. The number of aliphatic imine (C=N–C) groups is 1. The average Bonchev–Trinajstić information content (AvgIpc) is 2.69. The standard InChI is InChI=1S/C18H24ClN3O2/c1-12(2)9-15(23)7-8-18(3)16(24)22(17(20)21-18)11-13-5-4-6-14(19)10-13/h4-6,10,12H,7-9,11H2,1-3H3,(H2,20,21). The molecular formula is C18H24ClN3O2. The average molecular weight is 350 g/mol. The van der Waals surface area contributed by atoms with Crippen LogP contribution in [0.25, 0.3) is 0 Å². The Balaban J connectivity index is 2.04. The minimum Gasteiger partial charge on any atom is -0.369 e. The first-order chi connectivity index (χ1) is 11.2. The normalized spacial score (nSPS) is 20.6. The molecule has 1 heterocycles. The second-order valence-electron chi connectivity index (χ2n) is 6.90. The third kappa shape index (κ3) is 4.35. The van der Waals surface area contributed by atoms with Gasteiger partial charge in [0, 0.05) is 17.9 Å². The van der Waals surface area contributed by atoms with Gasteiger partial charge in [0.25, 0.3) is 5.91 Å². The summed E-state index contributed by atoms with van der Waals surface area (Å²) in [4.78, 5) is 30.5. The summed E-state index contributed by atoms with van der Waals surface area (Å²) < 4.78 is 0. The van der Waals surface area contributed by atoms with Crippen molar-refractivity contribution < 1.29 is 9.59 Å². The highest BCUT2D eigenvalue weighted by Gasteiger charge is 2.43. The van der Waals surface area contributed by atoms with Crippen LogP contribution >= 0.6 is 11.6 Å². The SMILES string of the molecule is CC(C)CC(=O)CCC1(C)N=C(N)N(Cc2cccc(Cl)c2)C1=O. The van der Waals surface area contributed by atoms with Crippen LogP contribution < -0.4 is 5.73 Å². The predicted octanol–water partition coefficient (Wildman–Crippen LogP) is 3.15. The number of Topliss-reactive ketones (excluding diaryl/α,β-unsaturated/α-hetero) is 1. The van der Waals surface area contributed by atoms with Gasteiger partial charge in [0.1, 0.15) is 11.3 Å². The quantitative estimate of drug-likeness (QED) is 0.821. The topological polar surface area (TPSA) is 75.8 Å². The Bertz CT molecular complexity index is 672. The third-order valence-electron chi connectivity index (χ3n) is 4.10. The molecule has 1 aliphatic heterocycles. The van der Waals surface area contributed by atoms with Crippen molar-refractivity contribution in [2.75, 3.05) is 0 Å². The summed E-state index contributed by atoms with van der Waals surface area (Å²) in [6, 6.07) is 7.28. The Morgan fingerprint density at radius 2 is 2.12 bits per heavy atom. The zero-order chi connectivity index (χ0) is 17.9. The minimum atomic E-state index is -0.963. The number of hydrogen-bond donors (Lipinski definition) is 1. The Labute approximate surface area is 147 Å². The van der Waals surface area contributed by atoms with Crippen LogP contribution in [0.3, 0.4) is 0 Å². The largest absolute Gasteiger partial charge is 0.369 e. The van der Waals surface area contributed by atoms with Crippen molar-refractivity contribution in [3.8, 4) is 0 Å². The first kappa shape index (κ1) is 18.5. The second kappa shape index (κ2) is 7.34. The summed E-state index contributed by atoms with van der Waals surface area (Å²) in [6.45, 7) is 6.07. The number of nitrogens with two attached hydrogens (primary N) is 1. The van der Waals surface area contributed by atoms with E-state index in [0.717, 1.165) is 5.56 Å². The Morgan fingerprint density at radius 1 is 1.42 bits per heavy atom. The van der Waals surface area contributed by atoms with Crippen molar-refractivity contribution in [2.45, 2.75) is 52.1 Å². The lowest BCUT2D eigenvalue weighted by Gasteiger charge is -2.22. The van der Waals surface area contributed by atoms with Gasteiger partial charge in [-0.1, -0.05) is 37.6 Å². The molecule has 0 aliphatic carbocycles. The van der Waals surface area contributed by atoms with Gasteiger partial charge in [-0.15, -0.1) is 0 Å². The number of carbonyl (C=O) groups is 2. The van der Waals surface area contributed by atoms with Crippen molar-refractivity contribution in [3.63, 3.8) is 0 Å². The lowest BCUT2D eigenvalue weighted by molar-refractivity contribution is -0.131. The minimum absolute atomic E-state index is 0.154. The van der Waals surface area contributed by atoms with E-state index in [-0.39, 0.29) is 17.6 Å². The summed E-state index contributed by atoms with van der Waals surface area (Å²) in [6.07, 6.45) is 1.24. The van der Waals surface area contributed by atoms with E-state index in [9.17, 15) is 9.59 Å². The zero-order valence-electron chi connectivity index (χ0n) is 14.4. The molecule has 2 rings (SSSR count). The fourth-order valence-corrected chi connectivity index (χ4v) is 3.04. The third-order valence-corrected chi connectivity index (χ3v) is 4.34. The van der Waals surface area contributed by atoms with E-state index in [2.05, 4.69) is 4.99 Å². The maximum Gasteiger partial charge on any atom is 0.257 e. The summed E-state index contributed by atoms with van der Waals surface area (Å²) in [7, 11) is 0. The summed E-state index contributed by atoms with van der Waals surface area (Å²) >= 11 is 5.98. The lowest BCUT2D eigenvalue weighted by atomic mass is 9.92. The van der Waals surface area contributed by atoms with E-state index >= 15 is 0 Å². The van der Waals surface area contributed by atoms with Gasteiger partial charge >= 0.3 is 0 Å². The van der Waals surface area contributed by atoms with Crippen LogP contribution in [0.1, 0.15) is 45.6 Å². The van der Waals surface area contributed by atoms with Crippen molar-refractivity contribution in [2.24, 2.45) is 16.6 Å². The van der Waals surface area contributed by atoms with E-state index in [1.54, 1.807) is 19.1 Å². The zero-order valence-corrected chi connectivity index (χ0v) is 15.1. The molecule has 5 nitrogen and oxygen atoms in total.